The smallest absolute Gasteiger partial charge is 0.303 e. The molecule has 1 amide bonds. The van der Waals surface area contributed by atoms with Crippen molar-refractivity contribution in [2.24, 2.45) is 0 Å². The number of carboxylic acids is 1. The van der Waals surface area contributed by atoms with Gasteiger partial charge in [0, 0.05) is 19.0 Å². The molecule has 1 heterocycles. The zero-order chi connectivity index (χ0) is 16.2. The largest absolute Gasteiger partial charge is 0.490 e. The molecule has 0 aliphatic carbocycles. The minimum absolute atomic E-state index is 0.0564. The van der Waals surface area contributed by atoms with Crippen molar-refractivity contribution in [2.75, 3.05) is 19.7 Å². The van der Waals surface area contributed by atoms with Gasteiger partial charge < -0.3 is 19.8 Å². The monoisotopic (exact) mass is 311 g/mol. The molecule has 1 saturated heterocycles. The molecule has 1 aromatic carbocycles. The summed E-state index contributed by atoms with van der Waals surface area (Å²) in [5.74, 6) is -1.45. The normalized spacial score (nSPS) is 20.9. The number of rotatable bonds is 6. The lowest BCUT2D eigenvalue weighted by atomic mass is 10.1. The van der Waals surface area contributed by atoms with Crippen molar-refractivity contribution in [3.8, 4) is 5.75 Å². The first-order valence-electron chi connectivity index (χ1n) is 6.98. The maximum absolute atomic E-state index is 13.0. The van der Waals surface area contributed by atoms with Crippen LogP contribution in [0.15, 0.2) is 24.3 Å². The number of aliphatic carboxylic acids is 1. The van der Waals surface area contributed by atoms with E-state index in [4.69, 9.17) is 9.84 Å². The molecule has 0 bridgehead atoms. The Kier molecular flexibility index (Phi) is 4.97. The van der Waals surface area contributed by atoms with Crippen LogP contribution in [0.3, 0.4) is 0 Å². The Morgan fingerprint density at radius 1 is 1.36 bits per heavy atom. The number of amides is 1. The lowest BCUT2D eigenvalue weighted by molar-refractivity contribution is -0.140. The van der Waals surface area contributed by atoms with Crippen molar-refractivity contribution in [1.82, 2.24) is 4.90 Å². The second-order valence-corrected chi connectivity index (χ2v) is 5.43. The zero-order valence-corrected chi connectivity index (χ0v) is 12.0. The molecule has 0 aromatic heterocycles. The molecule has 7 heteroatoms. The van der Waals surface area contributed by atoms with Crippen LogP contribution in [0.5, 0.6) is 5.75 Å². The van der Waals surface area contributed by atoms with Crippen LogP contribution in [0, 0.1) is 5.82 Å². The van der Waals surface area contributed by atoms with Gasteiger partial charge in [0.25, 0.3) is 0 Å². The average molecular weight is 311 g/mol. The molecule has 1 aliphatic rings. The van der Waals surface area contributed by atoms with E-state index in [1.807, 2.05) is 0 Å². The highest BCUT2D eigenvalue weighted by molar-refractivity contribution is 5.81. The minimum Gasteiger partial charge on any atom is -0.490 e. The van der Waals surface area contributed by atoms with Gasteiger partial charge in [0.1, 0.15) is 23.8 Å². The van der Waals surface area contributed by atoms with E-state index >= 15 is 0 Å². The summed E-state index contributed by atoms with van der Waals surface area (Å²) in [6, 6.07) is 5.59. The number of benzene rings is 1. The average Bonchev–Trinajstić information content (AvgIpc) is 2.86. The van der Waals surface area contributed by atoms with E-state index in [0.717, 1.165) is 0 Å². The molecule has 1 aliphatic heterocycles. The van der Waals surface area contributed by atoms with Gasteiger partial charge in [-0.15, -0.1) is 0 Å². The number of carbonyl (C=O) groups excluding carboxylic acids is 1. The number of aliphatic hydroxyl groups is 1. The summed E-state index contributed by atoms with van der Waals surface area (Å²) >= 11 is 0. The van der Waals surface area contributed by atoms with E-state index in [1.54, 1.807) is 6.07 Å². The Labute approximate surface area is 127 Å². The third-order valence-electron chi connectivity index (χ3n) is 3.54. The van der Waals surface area contributed by atoms with Gasteiger partial charge in [0.2, 0.25) is 5.91 Å². The van der Waals surface area contributed by atoms with Crippen LogP contribution in [0.2, 0.25) is 0 Å². The van der Waals surface area contributed by atoms with Crippen molar-refractivity contribution < 1.29 is 28.9 Å². The standard InChI is InChI=1S/C15H18FNO5/c16-11-2-1-3-12(8-11)22-10-15(21)6-7-17(9-15)13(18)4-5-14(19)20/h1-3,8,21H,4-7,9-10H2,(H,19,20)/t15-/m1/s1. The van der Waals surface area contributed by atoms with E-state index < -0.39 is 17.4 Å². The number of carboxylic acid groups (broad SMARTS) is 1. The van der Waals surface area contributed by atoms with Crippen LogP contribution in [-0.4, -0.2) is 52.3 Å². The Hall–Kier alpha value is -2.15. The maximum Gasteiger partial charge on any atom is 0.303 e. The topological polar surface area (TPSA) is 87.1 Å². The Morgan fingerprint density at radius 3 is 2.82 bits per heavy atom. The first-order valence-corrected chi connectivity index (χ1v) is 6.98. The Balaban J connectivity index is 1.85. The summed E-state index contributed by atoms with van der Waals surface area (Å²) in [7, 11) is 0. The van der Waals surface area contributed by atoms with E-state index in [1.165, 1.54) is 23.1 Å². The van der Waals surface area contributed by atoms with Gasteiger partial charge in [-0.25, -0.2) is 4.39 Å². The summed E-state index contributed by atoms with van der Waals surface area (Å²) < 4.78 is 18.4. The highest BCUT2D eigenvalue weighted by Gasteiger charge is 2.38. The highest BCUT2D eigenvalue weighted by Crippen LogP contribution is 2.24. The first kappa shape index (κ1) is 16.2. The number of likely N-dealkylation sites (tertiary alicyclic amines) is 1. The Morgan fingerprint density at radius 2 is 2.14 bits per heavy atom. The molecule has 0 unspecified atom stereocenters. The van der Waals surface area contributed by atoms with Crippen LogP contribution in [0.25, 0.3) is 0 Å². The number of halogens is 1. The first-order chi connectivity index (χ1) is 10.4. The van der Waals surface area contributed by atoms with E-state index in [2.05, 4.69) is 0 Å². The molecule has 0 radical (unpaired) electrons. The second kappa shape index (κ2) is 6.74. The van der Waals surface area contributed by atoms with Crippen molar-refractivity contribution in [3.63, 3.8) is 0 Å². The molecule has 120 valence electrons. The number of carbonyl (C=O) groups is 2. The predicted octanol–water partition coefficient (Wildman–Crippen LogP) is 1.03. The molecule has 0 spiro atoms. The molecule has 1 aromatic rings. The molecule has 6 nitrogen and oxygen atoms in total. The van der Waals surface area contributed by atoms with Gasteiger partial charge in [0.15, 0.2) is 0 Å². The van der Waals surface area contributed by atoms with Crippen LogP contribution in [0.1, 0.15) is 19.3 Å². The van der Waals surface area contributed by atoms with Crippen molar-refractivity contribution in [2.45, 2.75) is 24.9 Å². The second-order valence-electron chi connectivity index (χ2n) is 5.43. The molecule has 0 saturated carbocycles. The predicted molar refractivity (Wildman–Crippen MR) is 74.9 cm³/mol. The summed E-state index contributed by atoms with van der Waals surface area (Å²) in [5.41, 5.74) is -1.20. The third-order valence-corrected chi connectivity index (χ3v) is 3.54. The van der Waals surface area contributed by atoms with Gasteiger partial charge in [-0.2, -0.15) is 0 Å². The fraction of sp³-hybridized carbons (Fsp3) is 0.467. The minimum atomic E-state index is -1.20. The van der Waals surface area contributed by atoms with Crippen molar-refractivity contribution >= 4 is 11.9 Å². The van der Waals surface area contributed by atoms with Crippen LogP contribution in [-0.2, 0) is 9.59 Å². The molecule has 22 heavy (non-hydrogen) atoms. The van der Waals surface area contributed by atoms with Crippen molar-refractivity contribution in [1.29, 1.82) is 0 Å². The molecule has 1 atom stereocenters. The molecular formula is C15H18FNO5. The summed E-state index contributed by atoms with van der Waals surface area (Å²) in [6.07, 6.45) is 0.0187. The number of nitrogens with zero attached hydrogens (tertiary/aromatic N) is 1. The van der Waals surface area contributed by atoms with Crippen LogP contribution >= 0.6 is 0 Å². The van der Waals surface area contributed by atoms with E-state index in [0.29, 0.717) is 18.7 Å². The quantitative estimate of drug-likeness (QED) is 0.819. The van der Waals surface area contributed by atoms with Gasteiger partial charge >= 0.3 is 5.97 Å². The zero-order valence-electron chi connectivity index (χ0n) is 12.0. The summed E-state index contributed by atoms with van der Waals surface area (Å²) in [6.45, 7) is 0.376. The molecule has 2 rings (SSSR count). The SMILES string of the molecule is O=C(O)CCC(=O)N1CC[C@](O)(COc2cccc(F)c2)C1. The number of ether oxygens (including phenoxy) is 1. The third kappa shape index (κ3) is 4.42. The van der Waals surface area contributed by atoms with Crippen LogP contribution in [0.4, 0.5) is 4.39 Å². The van der Waals surface area contributed by atoms with Gasteiger partial charge in [-0.3, -0.25) is 9.59 Å². The van der Waals surface area contributed by atoms with Gasteiger partial charge in [-0.05, 0) is 18.6 Å². The fourth-order valence-electron chi connectivity index (χ4n) is 2.33. The number of hydrogen-bond donors (Lipinski definition) is 2. The summed E-state index contributed by atoms with van der Waals surface area (Å²) in [5, 5.41) is 19.0. The fourth-order valence-corrected chi connectivity index (χ4v) is 2.33. The lowest BCUT2D eigenvalue weighted by Crippen LogP contribution is -2.40. The Bertz CT molecular complexity index is 565. The maximum atomic E-state index is 13.0. The summed E-state index contributed by atoms with van der Waals surface area (Å²) in [4.78, 5) is 23.7. The van der Waals surface area contributed by atoms with Crippen LogP contribution < -0.4 is 4.74 Å². The van der Waals surface area contributed by atoms with Gasteiger partial charge in [-0.1, -0.05) is 6.07 Å². The van der Waals surface area contributed by atoms with E-state index in [-0.39, 0.29) is 31.9 Å². The molecule has 2 N–H and O–H groups in total. The van der Waals surface area contributed by atoms with Gasteiger partial charge in [0.05, 0.1) is 13.0 Å². The molecular weight excluding hydrogens is 293 g/mol. The molecule has 1 fully saturated rings. The number of β-amino-alcohol motifs (C(OH)–C–C–N with tert-alkyl or cyclic N) is 1. The number of hydrogen-bond acceptors (Lipinski definition) is 4. The van der Waals surface area contributed by atoms with Crippen molar-refractivity contribution in [3.05, 3.63) is 30.1 Å². The lowest BCUT2D eigenvalue weighted by Gasteiger charge is -2.23. The highest BCUT2D eigenvalue weighted by atomic mass is 19.1. The van der Waals surface area contributed by atoms with E-state index in [9.17, 15) is 19.1 Å².